The zero-order chi connectivity index (χ0) is 23.4. The van der Waals surface area contributed by atoms with Crippen molar-refractivity contribution in [3.05, 3.63) is 104 Å². The van der Waals surface area contributed by atoms with Crippen LogP contribution in [0.4, 0.5) is 0 Å². The Hall–Kier alpha value is -3.45. The third kappa shape index (κ3) is 3.34. The van der Waals surface area contributed by atoms with Gasteiger partial charge in [-0.2, -0.15) is 0 Å². The summed E-state index contributed by atoms with van der Waals surface area (Å²) in [6.07, 6.45) is 1.51. The molecule has 0 aliphatic carbocycles. The second kappa shape index (κ2) is 8.09. The molecule has 9 heteroatoms. The van der Waals surface area contributed by atoms with Gasteiger partial charge >= 0.3 is 0 Å². The molecule has 0 unspecified atom stereocenters. The first-order valence-corrected chi connectivity index (χ1v) is 11.5. The van der Waals surface area contributed by atoms with Crippen LogP contribution >= 0.6 is 34.8 Å². The van der Waals surface area contributed by atoms with Gasteiger partial charge < -0.3 is 0 Å². The summed E-state index contributed by atoms with van der Waals surface area (Å²) in [7, 11) is 0. The summed E-state index contributed by atoms with van der Waals surface area (Å²) >= 11 is 18.8. The molecule has 3 aromatic heterocycles. The van der Waals surface area contributed by atoms with Crippen LogP contribution in [0.25, 0.3) is 38.9 Å². The van der Waals surface area contributed by atoms with E-state index in [9.17, 15) is 4.79 Å². The van der Waals surface area contributed by atoms with Crippen LogP contribution in [0.15, 0.2) is 77.9 Å². The normalized spacial score (nSPS) is 11.6. The van der Waals surface area contributed by atoms with Crippen molar-refractivity contribution in [2.75, 3.05) is 0 Å². The second-order valence-electron chi connectivity index (χ2n) is 7.79. The van der Waals surface area contributed by atoms with E-state index in [4.69, 9.17) is 44.8 Å². The van der Waals surface area contributed by atoms with Crippen LogP contribution in [0.5, 0.6) is 0 Å². The molecule has 166 valence electrons. The molecule has 34 heavy (non-hydrogen) atoms. The third-order valence-electron chi connectivity index (χ3n) is 5.69. The van der Waals surface area contributed by atoms with Gasteiger partial charge in [-0.1, -0.05) is 65.1 Å². The van der Waals surface area contributed by atoms with Crippen LogP contribution in [0, 0.1) is 0 Å². The number of hydrogen-bond donors (Lipinski definition) is 0. The maximum Gasteiger partial charge on any atom is 0.265 e. The van der Waals surface area contributed by atoms with Crippen molar-refractivity contribution in [1.82, 2.24) is 24.1 Å². The molecular weight excluding hydrogens is 493 g/mol. The molecule has 0 N–H and O–H groups in total. The molecule has 6 rings (SSSR count). The van der Waals surface area contributed by atoms with E-state index in [0.29, 0.717) is 54.0 Å². The van der Waals surface area contributed by atoms with Crippen molar-refractivity contribution in [2.24, 2.45) is 0 Å². The van der Waals surface area contributed by atoms with Crippen molar-refractivity contribution in [1.29, 1.82) is 0 Å². The van der Waals surface area contributed by atoms with E-state index in [0.717, 1.165) is 5.56 Å². The summed E-state index contributed by atoms with van der Waals surface area (Å²) in [6.45, 7) is 0.280. The van der Waals surface area contributed by atoms with Crippen molar-refractivity contribution in [2.45, 2.75) is 6.54 Å². The van der Waals surface area contributed by atoms with E-state index < -0.39 is 0 Å². The standard InChI is InChI=1S/C25H14Cl3N5O/c26-16-6-2-1-5-14(16)12-32-13-29-23-21(25(32)34)22-24(31-20-8-4-3-7-19(20)30-22)33(23)15-9-10-17(27)18(28)11-15/h1-11,13H,12H2. The van der Waals surface area contributed by atoms with Crippen LogP contribution in [-0.4, -0.2) is 24.1 Å². The summed E-state index contributed by atoms with van der Waals surface area (Å²) in [5.74, 6) is 0. The lowest BCUT2D eigenvalue weighted by Gasteiger charge is -2.09. The fraction of sp³-hybridized carbons (Fsp3) is 0.0400. The Balaban J connectivity index is 1.70. The van der Waals surface area contributed by atoms with Crippen molar-refractivity contribution in [3.63, 3.8) is 0 Å². The van der Waals surface area contributed by atoms with E-state index in [1.54, 1.807) is 28.8 Å². The molecule has 0 amide bonds. The number of hydrogen-bond acceptors (Lipinski definition) is 4. The van der Waals surface area contributed by atoms with Crippen LogP contribution < -0.4 is 5.56 Å². The highest BCUT2D eigenvalue weighted by atomic mass is 35.5. The average molecular weight is 507 g/mol. The molecule has 0 saturated heterocycles. The van der Waals surface area contributed by atoms with Crippen molar-refractivity contribution in [3.8, 4) is 5.69 Å². The minimum Gasteiger partial charge on any atom is -0.294 e. The van der Waals surface area contributed by atoms with Crippen molar-refractivity contribution < 1.29 is 0 Å². The Bertz CT molecular complexity index is 1810. The number of halogens is 3. The van der Waals surface area contributed by atoms with Crippen LogP contribution in [-0.2, 0) is 6.54 Å². The molecule has 0 radical (unpaired) electrons. The van der Waals surface area contributed by atoms with Crippen LogP contribution in [0.2, 0.25) is 15.1 Å². The number of para-hydroxylation sites is 2. The average Bonchev–Trinajstić information content (AvgIpc) is 3.16. The van der Waals surface area contributed by atoms with Gasteiger partial charge in [0, 0.05) is 5.02 Å². The quantitative estimate of drug-likeness (QED) is 0.283. The van der Waals surface area contributed by atoms with Gasteiger partial charge in [-0.15, -0.1) is 0 Å². The molecular formula is C25H14Cl3N5O. The van der Waals surface area contributed by atoms with E-state index in [-0.39, 0.29) is 12.1 Å². The Morgan fingerprint density at radius 3 is 2.26 bits per heavy atom. The van der Waals surface area contributed by atoms with Gasteiger partial charge in [0.25, 0.3) is 5.56 Å². The highest BCUT2D eigenvalue weighted by Gasteiger charge is 2.21. The molecule has 0 bridgehead atoms. The fourth-order valence-corrected chi connectivity index (χ4v) is 4.55. The predicted octanol–water partition coefficient (Wildman–Crippen LogP) is 6.29. The number of benzene rings is 3. The first-order valence-electron chi connectivity index (χ1n) is 10.4. The number of nitrogens with zero attached hydrogens (tertiary/aromatic N) is 5. The van der Waals surface area contributed by atoms with Gasteiger partial charge in [0.05, 0.1) is 33.3 Å². The Morgan fingerprint density at radius 2 is 1.50 bits per heavy atom. The summed E-state index contributed by atoms with van der Waals surface area (Å²) in [4.78, 5) is 28.0. The lowest BCUT2D eigenvalue weighted by Crippen LogP contribution is -2.21. The molecule has 0 atom stereocenters. The summed E-state index contributed by atoms with van der Waals surface area (Å²) in [6, 6.07) is 20.1. The minimum absolute atomic E-state index is 0.238. The number of fused-ring (bicyclic) bond motifs is 4. The fourth-order valence-electron chi connectivity index (χ4n) is 4.06. The van der Waals surface area contributed by atoms with Gasteiger partial charge in [0.2, 0.25) is 0 Å². The van der Waals surface area contributed by atoms with Crippen LogP contribution in [0.3, 0.4) is 0 Å². The maximum atomic E-state index is 13.7. The molecule has 6 aromatic rings. The van der Waals surface area contributed by atoms with Gasteiger partial charge in [0.15, 0.2) is 11.3 Å². The second-order valence-corrected chi connectivity index (χ2v) is 9.01. The Kier molecular flexibility index (Phi) is 5.03. The van der Waals surface area contributed by atoms with E-state index in [1.807, 2.05) is 42.5 Å². The summed E-state index contributed by atoms with van der Waals surface area (Å²) in [5.41, 5.74) is 4.05. The molecule has 0 saturated carbocycles. The number of aromatic nitrogens is 5. The topological polar surface area (TPSA) is 65.6 Å². The largest absolute Gasteiger partial charge is 0.294 e. The minimum atomic E-state index is -0.238. The zero-order valence-electron chi connectivity index (χ0n) is 17.4. The van der Waals surface area contributed by atoms with E-state index >= 15 is 0 Å². The monoisotopic (exact) mass is 505 g/mol. The first-order chi connectivity index (χ1) is 16.5. The highest BCUT2D eigenvalue weighted by Crippen LogP contribution is 2.31. The lowest BCUT2D eigenvalue weighted by atomic mass is 10.2. The van der Waals surface area contributed by atoms with Gasteiger partial charge in [-0.3, -0.25) is 13.9 Å². The first kappa shape index (κ1) is 21.1. The third-order valence-corrected chi connectivity index (χ3v) is 6.80. The lowest BCUT2D eigenvalue weighted by molar-refractivity contribution is 0.747. The Labute approximate surface area is 208 Å². The smallest absolute Gasteiger partial charge is 0.265 e. The molecule has 0 aliphatic rings. The van der Waals surface area contributed by atoms with E-state index in [1.165, 1.54) is 10.9 Å². The predicted molar refractivity (Wildman–Crippen MR) is 137 cm³/mol. The summed E-state index contributed by atoms with van der Waals surface area (Å²) < 4.78 is 3.31. The highest BCUT2D eigenvalue weighted by molar-refractivity contribution is 6.42. The molecule has 6 nitrogen and oxygen atoms in total. The SMILES string of the molecule is O=c1c2c3nc4ccccc4nc3n(-c3ccc(Cl)c(Cl)c3)c2ncn1Cc1ccccc1Cl. The zero-order valence-corrected chi connectivity index (χ0v) is 19.7. The molecule has 3 heterocycles. The van der Waals surface area contributed by atoms with Crippen LogP contribution in [0.1, 0.15) is 5.56 Å². The number of rotatable bonds is 3. The van der Waals surface area contributed by atoms with Gasteiger partial charge in [-0.05, 0) is 42.0 Å². The molecule has 3 aromatic carbocycles. The molecule has 0 aliphatic heterocycles. The summed E-state index contributed by atoms with van der Waals surface area (Å²) in [5, 5.41) is 1.76. The van der Waals surface area contributed by atoms with Gasteiger partial charge in [0.1, 0.15) is 17.2 Å². The van der Waals surface area contributed by atoms with Gasteiger partial charge in [-0.25, -0.2) is 15.0 Å². The van der Waals surface area contributed by atoms with Crippen molar-refractivity contribution >= 4 is 68.0 Å². The molecule has 0 spiro atoms. The maximum absolute atomic E-state index is 13.7. The molecule has 0 fully saturated rings. The van der Waals surface area contributed by atoms with E-state index in [2.05, 4.69) is 4.98 Å². The Morgan fingerprint density at radius 1 is 0.765 bits per heavy atom.